The van der Waals surface area contributed by atoms with Crippen molar-refractivity contribution in [3.8, 4) is 11.3 Å². The number of hydrogen-bond donors (Lipinski definition) is 3. The molecule has 2 atom stereocenters. The molecule has 1 aliphatic rings. The van der Waals surface area contributed by atoms with Crippen LogP contribution in [-0.4, -0.2) is 32.2 Å². The van der Waals surface area contributed by atoms with Crippen molar-refractivity contribution in [2.45, 2.75) is 37.6 Å². The molecule has 1 fully saturated rings. The van der Waals surface area contributed by atoms with E-state index in [1.165, 1.54) is 0 Å². The monoisotopic (exact) mass is 326 g/mol. The number of furan rings is 1. The zero-order valence-corrected chi connectivity index (χ0v) is 13.0. The molecule has 0 spiro atoms. The number of rotatable bonds is 3. The van der Waals surface area contributed by atoms with Crippen molar-refractivity contribution < 1.29 is 14.3 Å². The molecular weight excluding hydrogens is 308 g/mol. The van der Waals surface area contributed by atoms with Gasteiger partial charge >= 0.3 is 6.09 Å². The molecule has 7 nitrogen and oxygen atoms in total. The van der Waals surface area contributed by atoms with E-state index in [1.54, 1.807) is 12.6 Å². The molecule has 3 aromatic heterocycles. The molecule has 124 valence electrons. The van der Waals surface area contributed by atoms with Crippen LogP contribution in [0.4, 0.5) is 4.79 Å². The third-order valence-electron chi connectivity index (χ3n) is 4.67. The number of carboxylic acid groups (broad SMARTS) is 1. The maximum Gasteiger partial charge on any atom is 0.404 e. The summed E-state index contributed by atoms with van der Waals surface area (Å²) in [6.07, 6.45) is 7.72. The molecule has 0 saturated heterocycles. The van der Waals surface area contributed by atoms with Gasteiger partial charge in [0, 0.05) is 23.7 Å². The van der Waals surface area contributed by atoms with Crippen LogP contribution in [0.3, 0.4) is 0 Å². The predicted molar refractivity (Wildman–Crippen MR) is 87.7 cm³/mol. The van der Waals surface area contributed by atoms with Gasteiger partial charge in [0.15, 0.2) is 0 Å². The second-order valence-electron chi connectivity index (χ2n) is 6.17. The lowest BCUT2D eigenvalue weighted by Crippen LogP contribution is -2.37. The van der Waals surface area contributed by atoms with Crippen molar-refractivity contribution in [2.75, 3.05) is 0 Å². The molecule has 0 bridgehead atoms. The van der Waals surface area contributed by atoms with Crippen molar-refractivity contribution in [3.63, 3.8) is 0 Å². The Labute approximate surface area is 138 Å². The lowest BCUT2D eigenvalue weighted by atomic mass is 9.82. The first kappa shape index (κ1) is 14.7. The van der Waals surface area contributed by atoms with Gasteiger partial charge < -0.3 is 19.8 Å². The van der Waals surface area contributed by atoms with E-state index in [0.717, 1.165) is 53.7 Å². The van der Waals surface area contributed by atoms with Gasteiger partial charge in [-0.2, -0.15) is 0 Å². The van der Waals surface area contributed by atoms with Gasteiger partial charge in [0.1, 0.15) is 17.7 Å². The highest BCUT2D eigenvalue weighted by Gasteiger charge is 2.28. The largest absolute Gasteiger partial charge is 0.465 e. The molecule has 3 heterocycles. The fourth-order valence-electron chi connectivity index (χ4n) is 3.67. The molecule has 3 N–H and O–H groups in total. The molecule has 0 unspecified atom stereocenters. The summed E-state index contributed by atoms with van der Waals surface area (Å²) < 4.78 is 5.54. The van der Waals surface area contributed by atoms with E-state index in [9.17, 15) is 4.79 Å². The normalized spacial score (nSPS) is 21.0. The number of aromatic nitrogens is 3. The van der Waals surface area contributed by atoms with Crippen molar-refractivity contribution in [1.82, 2.24) is 20.3 Å². The van der Waals surface area contributed by atoms with Gasteiger partial charge in [-0.1, -0.05) is 6.42 Å². The minimum atomic E-state index is -0.966. The maximum absolute atomic E-state index is 10.9. The van der Waals surface area contributed by atoms with Crippen LogP contribution in [0.15, 0.2) is 35.3 Å². The summed E-state index contributed by atoms with van der Waals surface area (Å²) in [5.74, 6) is 0.971. The van der Waals surface area contributed by atoms with Gasteiger partial charge in [0.25, 0.3) is 0 Å². The predicted octanol–water partition coefficient (Wildman–Crippen LogP) is 3.51. The summed E-state index contributed by atoms with van der Waals surface area (Å²) in [6.45, 7) is 0. The van der Waals surface area contributed by atoms with E-state index in [4.69, 9.17) is 9.52 Å². The van der Waals surface area contributed by atoms with E-state index in [2.05, 4.69) is 20.3 Å². The lowest BCUT2D eigenvalue weighted by molar-refractivity contribution is 0.184. The molecule has 1 amide bonds. The van der Waals surface area contributed by atoms with Gasteiger partial charge in [-0.05, 0) is 31.4 Å². The Morgan fingerprint density at radius 3 is 3.08 bits per heavy atom. The zero-order valence-electron chi connectivity index (χ0n) is 13.0. The highest BCUT2D eigenvalue weighted by atomic mass is 16.4. The standard InChI is InChI=1S/C17H18N4O3/c22-17(23)21-11-4-1-3-10(7-11)15-14-12(13-5-2-6-24-13)8-18-16(14)20-9-19-15/h2,5-6,8-11,21H,1,3-4,7H2,(H,22,23)(H,18,19,20)/t10-,11-/m0/s1. The van der Waals surface area contributed by atoms with E-state index in [0.29, 0.717) is 0 Å². The Bertz CT molecular complexity index is 856. The molecule has 3 aromatic rings. The summed E-state index contributed by atoms with van der Waals surface area (Å²) in [4.78, 5) is 23.0. The van der Waals surface area contributed by atoms with Gasteiger partial charge in [-0.15, -0.1) is 0 Å². The van der Waals surface area contributed by atoms with Crippen LogP contribution < -0.4 is 5.32 Å². The highest BCUT2D eigenvalue weighted by Crippen LogP contribution is 2.38. The molecule has 7 heteroatoms. The average Bonchev–Trinajstić information content (AvgIpc) is 3.23. The smallest absolute Gasteiger partial charge is 0.404 e. The summed E-state index contributed by atoms with van der Waals surface area (Å²) >= 11 is 0. The van der Waals surface area contributed by atoms with E-state index in [1.807, 2.05) is 18.3 Å². The molecule has 1 saturated carbocycles. The number of amides is 1. The second-order valence-corrected chi connectivity index (χ2v) is 6.17. The number of H-pyrrole nitrogens is 1. The molecule has 4 rings (SSSR count). The number of nitrogens with zero attached hydrogens (tertiary/aromatic N) is 2. The number of carbonyl (C=O) groups is 1. The Morgan fingerprint density at radius 1 is 1.38 bits per heavy atom. The first-order chi connectivity index (χ1) is 11.7. The SMILES string of the molecule is O=C(O)N[C@H]1CCC[C@H](c2ncnc3[nH]cc(-c4ccco4)c23)C1. The third-order valence-corrected chi connectivity index (χ3v) is 4.67. The van der Waals surface area contributed by atoms with Crippen LogP contribution in [0.1, 0.15) is 37.3 Å². The van der Waals surface area contributed by atoms with E-state index >= 15 is 0 Å². The molecule has 24 heavy (non-hydrogen) atoms. The Hall–Kier alpha value is -2.83. The minimum absolute atomic E-state index is 0.0303. The van der Waals surface area contributed by atoms with Crippen LogP contribution in [0, 0.1) is 0 Å². The average molecular weight is 326 g/mol. The fourth-order valence-corrected chi connectivity index (χ4v) is 3.67. The number of fused-ring (bicyclic) bond motifs is 1. The lowest BCUT2D eigenvalue weighted by Gasteiger charge is -2.29. The van der Waals surface area contributed by atoms with E-state index in [-0.39, 0.29) is 12.0 Å². The van der Waals surface area contributed by atoms with Crippen LogP contribution in [0.2, 0.25) is 0 Å². The molecule has 1 aliphatic carbocycles. The molecule has 0 aromatic carbocycles. The van der Waals surface area contributed by atoms with Gasteiger partial charge in [-0.25, -0.2) is 14.8 Å². The van der Waals surface area contributed by atoms with Crippen LogP contribution in [0.5, 0.6) is 0 Å². The van der Waals surface area contributed by atoms with Crippen molar-refractivity contribution in [1.29, 1.82) is 0 Å². The highest BCUT2D eigenvalue weighted by molar-refractivity contribution is 5.94. The van der Waals surface area contributed by atoms with E-state index < -0.39 is 6.09 Å². The van der Waals surface area contributed by atoms with Gasteiger partial charge in [0.2, 0.25) is 0 Å². The molecule has 0 radical (unpaired) electrons. The van der Waals surface area contributed by atoms with Gasteiger partial charge in [-0.3, -0.25) is 0 Å². The second kappa shape index (κ2) is 5.99. The van der Waals surface area contributed by atoms with Crippen LogP contribution in [-0.2, 0) is 0 Å². The topological polar surface area (TPSA) is 104 Å². The van der Waals surface area contributed by atoms with Crippen molar-refractivity contribution >= 4 is 17.1 Å². The first-order valence-corrected chi connectivity index (χ1v) is 8.07. The quantitative estimate of drug-likeness (QED) is 0.683. The first-order valence-electron chi connectivity index (χ1n) is 8.07. The fraction of sp³-hybridized carbons (Fsp3) is 0.353. The summed E-state index contributed by atoms with van der Waals surface area (Å²) in [5, 5.41) is 12.6. The minimum Gasteiger partial charge on any atom is -0.465 e. The Kier molecular flexibility index (Phi) is 3.68. The summed E-state index contributed by atoms with van der Waals surface area (Å²) in [6, 6.07) is 3.73. The Balaban J connectivity index is 1.73. The van der Waals surface area contributed by atoms with Crippen LogP contribution >= 0.6 is 0 Å². The third kappa shape index (κ3) is 2.62. The number of nitrogens with one attached hydrogen (secondary N) is 2. The number of hydrogen-bond acceptors (Lipinski definition) is 4. The Morgan fingerprint density at radius 2 is 2.29 bits per heavy atom. The van der Waals surface area contributed by atoms with Crippen molar-refractivity contribution in [2.24, 2.45) is 0 Å². The van der Waals surface area contributed by atoms with Crippen molar-refractivity contribution in [3.05, 3.63) is 36.6 Å². The summed E-state index contributed by atoms with van der Waals surface area (Å²) in [7, 11) is 0. The van der Waals surface area contributed by atoms with Crippen LogP contribution in [0.25, 0.3) is 22.4 Å². The molecular formula is C17H18N4O3. The zero-order chi connectivity index (χ0) is 16.5. The number of aromatic amines is 1. The maximum atomic E-state index is 10.9. The summed E-state index contributed by atoms with van der Waals surface area (Å²) in [5.41, 5.74) is 2.68. The molecule has 0 aliphatic heterocycles. The van der Waals surface area contributed by atoms with Gasteiger partial charge in [0.05, 0.1) is 17.3 Å².